The third kappa shape index (κ3) is 2.73. The monoisotopic (exact) mass is 297 g/mol. The van der Waals surface area contributed by atoms with Gasteiger partial charge in [0, 0.05) is 25.3 Å². The highest BCUT2D eigenvalue weighted by molar-refractivity contribution is 5.98. The number of nitrogens with zero attached hydrogens (tertiary/aromatic N) is 1. The topological polar surface area (TPSA) is 40.5 Å². The maximum Gasteiger partial charge on any atom is 0.253 e. The van der Waals surface area contributed by atoms with Crippen molar-refractivity contribution in [1.82, 2.24) is 4.90 Å². The molecule has 1 N–H and O–H groups in total. The van der Waals surface area contributed by atoms with Crippen LogP contribution in [0.15, 0.2) is 42.5 Å². The first kappa shape index (κ1) is 15.0. The number of benzene rings is 2. The predicted octanol–water partition coefficient (Wildman–Crippen LogP) is 3.46. The Hall–Kier alpha value is -1.87. The number of amides is 1. The van der Waals surface area contributed by atoms with Crippen LogP contribution in [0.1, 0.15) is 36.5 Å². The molecule has 0 aliphatic carbocycles. The average molecular weight is 297 g/mol. The molecule has 0 atom stereocenters. The van der Waals surface area contributed by atoms with Gasteiger partial charge in [0.05, 0.1) is 0 Å². The van der Waals surface area contributed by atoms with E-state index in [2.05, 4.69) is 13.0 Å². The summed E-state index contributed by atoms with van der Waals surface area (Å²) in [6.45, 7) is 3.82. The van der Waals surface area contributed by atoms with Gasteiger partial charge in [0.1, 0.15) is 0 Å². The van der Waals surface area contributed by atoms with Crippen molar-refractivity contribution in [2.75, 3.05) is 19.7 Å². The van der Waals surface area contributed by atoms with Gasteiger partial charge in [-0.25, -0.2) is 0 Å². The van der Waals surface area contributed by atoms with Gasteiger partial charge in [-0.1, -0.05) is 37.3 Å². The minimum atomic E-state index is 0.0141. The molecule has 1 amide bonds. The number of piperidine rings is 1. The predicted molar refractivity (Wildman–Crippen MR) is 88.9 cm³/mol. The van der Waals surface area contributed by atoms with Crippen molar-refractivity contribution in [3.05, 3.63) is 48.0 Å². The van der Waals surface area contributed by atoms with Crippen molar-refractivity contribution in [2.45, 2.75) is 26.2 Å². The summed E-state index contributed by atoms with van der Waals surface area (Å²) >= 11 is 0. The maximum atomic E-state index is 12.7. The van der Waals surface area contributed by atoms with E-state index in [-0.39, 0.29) is 17.9 Å². The Labute approximate surface area is 131 Å². The molecule has 0 bridgehead atoms. The minimum absolute atomic E-state index is 0.0141. The Morgan fingerprint density at radius 2 is 1.82 bits per heavy atom. The summed E-state index contributed by atoms with van der Waals surface area (Å²) in [5.41, 5.74) is 0.770. The molecular weight excluding hydrogens is 274 g/mol. The summed E-state index contributed by atoms with van der Waals surface area (Å²) < 4.78 is 0. The van der Waals surface area contributed by atoms with Crippen molar-refractivity contribution >= 4 is 16.7 Å². The summed E-state index contributed by atoms with van der Waals surface area (Å²) in [5, 5.41) is 11.9. The number of likely N-dealkylation sites (tertiary alicyclic amines) is 1. The Morgan fingerprint density at radius 1 is 1.14 bits per heavy atom. The van der Waals surface area contributed by atoms with Crippen molar-refractivity contribution in [3.8, 4) is 0 Å². The highest BCUT2D eigenvalue weighted by Gasteiger charge is 2.34. The van der Waals surface area contributed by atoms with Crippen LogP contribution in [0.25, 0.3) is 10.8 Å². The molecule has 0 radical (unpaired) electrons. The molecule has 3 rings (SSSR count). The normalized spacial score (nSPS) is 17.6. The zero-order valence-electron chi connectivity index (χ0n) is 13.1. The molecular formula is C19H23NO2. The van der Waals surface area contributed by atoms with E-state index in [9.17, 15) is 9.90 Å². The molecule has 1 heterocycles. The third-order valence-electron chi connectivity index (χ3n) is 5.19. The van der Waals surface area contributed by atoms with Gasteiger partial charge in [-0.3, -0.25) is 4.79 Å². The highest BCUT2D eigenvalue weighted by atomic mass is 16.3. The van der Waals surface area contributed by atoms with Gasteiger partial charge in [0.25, 0.3) is 5.91 Å². The Kier molecular flexibility index (Phi) is 4.16. The van der Waals surface area contributed by atoms with Crippen molar-refractivity contribution in [2.24, 2.45) is 5.41 Å². The van der Waals surface area contributed by atoms with Crippen LogP contribution in [0.3, 0.4) is 0 Å². The number of rotatable bonds is 3. The maximum absolute atomic E-state index is 12.7. The summed E-state index contributed by atoms with van der Waals surface area (Å²) in [6, 6.07) is 14.0. The van der Waals surface area contributed by atoms with Crippen LogP contribution in [0.5, 0.6) is 0 Å². The second kappa shape index (κ2) is 6.09. The van der Waals surface area contributed by atoms with Gasteiger partial charge in [-0.05, 0) is 47.6 Å². The zero-order chi connectivity index (χ0) is 15.6. The lowest BCUT2D eigenvalue weighted by molar-refractivity contribution is 0.0338. The molecule has 0 spiro atoms. The van der Waals surface area contributed by atoms with Gasteiger partial charge >= 0.3 is 0 Å². The highest BCUT2D eigenvalue weighted by Crippen LogP contribution is 2.34. The molecule has 1 saturated heterocycles. The van der Waals surface area contributed by atoms with E-state index in [4.69, 9.17) is 0 Å². The smallest absolute Gasteiger partial charge is 0.253 e. The standard InChI is InChI=1S/C19H23NO2/c1-2-19(14-21)9-11-20(12-10-19)18(22)17-8-7-15-5-3-4-6-16(15)13-17/h3-8,13,21H,2,9-12,14H2,1H3. The molecule has 2 aromatic rings. The molecule has 1 aliphatic rings. The van der Waals surface area contributed by atoms with E-state index < -0.39 is 0 Å². The van der Waals surface area contributed by atoms with Crippen molar-refractivity contribution in [1.29, 1.82) is 0 Å². The first-order chi connectivity index (χ1) is 10.7. The van der Waals surface area contributed by atoms with Crippen molar-refractivity contribution < 1.29 is 9.90 Å². The van der Waals surface area contributed by atoms with E-state index in [1.54, 1.807) is 0 Å². The van der Waals surface area contributed by atoms with Crippen molar-refractivity contribution in [3.63, 3.8) is 0 Å². The molecule has 116 valence electrons. The molecule has 1 aliphatic heterocycles. The Morgan fingerprint density at radius 3 is 2.45 bits per heavy atom. The summed E-state index contributed by atoms with van der Waals surface area (Å²) in [6.07, 6.45) is 2.75. The van der Waals surface area contributed by atoms with Gasteiger partial charge in [-0.2, -0.15) is 0 Å². The first-order valence-electron chi connectivity index (χ1n) is 8.06. The van der Waals surface area contributed by atoms with Crippen LogP contribution in [0.2, 0.25) is 0 Å². The second-order valence-electron chi connectivity index (χ2n) is 6.37. The molecule has 3 nitrogen and oxygen atoms in total. The lowest BCUT2D eigenvalue weighted by Crippen LogP contribution is -2.44. The lowest BCUT2D eigenvalue weighted by Gasteiger charge is -2.40. The lowest BCUT2D eigenvalue weighted by atomic mass is 9.77. The van der Waals surface area contributed by atoms with E-state index in [0.717, 1.165) is 48.7 Å². The first-order valence-corrected chi connectivity index (χ1v) is 8.06. The number of fused-ring (bicyclic) bond motifs is 1. The van der Waals surface area contributed by atoms with Crippen LogP contribution < -0.4 is 0 Å². The fourth-order valence-electron chi connectivity index (χ4n) is 3.31. The quantitative estimate of drug-likeness (QED) is 0.942. The molecule has 0 unspecified atom stereocenters. The molecule has 0 aromatic heterocycles. The van der Waals surface area contributed by atoms with Gasteiger partial charge in [0.2, 0.25) is 0 Å². The fourth-order valence-corrected chi connectivity index (χ4v) is 3.31. The van der Waals surface area contributed by atoms with Crippen LogP contribution in [-0.2, 0) is 0 Å². The number of aliphatic hydroxyl groups is 1. The third-order valence-corrected chi connectivity index (χ3v) is 5.19. The van der Waals surface area contributed by atoms with E-state index in [1.807, 2.05) is 41.3 Å². The fraction of sp³-hybridized carbons (Fsp3) is 0.421. The van der Waals surface area contributed by atoms with E-state index in [0.29, 0.717) is 0 Å². The van der Waals surface area contributed by atoms with Gasteiger partial charge in [0.15, 0.2) is 0 Å². The van der Waals surface area contributed by atoms with Crippen LogP contribution >= 0.6 is 0 Å². The SMILES string of the molecule is CCC1(CO)CCN(C(=O)c2ccc3ccccc3c2)CC1. The van der Waals surface area contributed by atoms with Gasteiger partial charge in [-0.15, -0.1) is 0 Å². The van der Waals surface area contributed by atoms with Crippen LogP contribution in [-0.4, -0.2) is 35.6 Å². The van der Waals surface area contributed by atoms with Crippen LogP contribution in [0, 0.1) is 5.41 Å². The average Bonchev–Trinajstić information content (AvgIpc) is 2.61. The Balaban J connectivity index is 1.76. The zero-order valence-corrected chi connectivity index (χ0v) is 13.1. The van der Waals surface area contributed by atoms with Crippen LogP contribution in [0.4, 0.5) is 0 Å². The molecule has 3 heteroatoms. The number of hydrogen-bond acceptors (Lipinski definition) is 2. The second-order valence-corrected chi connectivity index (χ2v) is 6.37. The number of aliphatic hydroxyl groups excluding tert-OH is 1. The largest absolute Gasteiger partial charge is 0.396 e. The summed E-state index contributed by atoms with van der Waals surface area (Å²) in [4.78, 5) is 14.6. The molecule has 2 aromatic carbocycles. The molecule has 1 fully saturated rings. The molecule has 0 saturated carbocycles. The number of carbonyl (C=O) groups is 1. The molecule has 22 heavy (non-hydrogen) atoms. The van der Waals surface area contributed by atoms with Gasteiger partial charge < -0.3 is 10.0 Å². The van der Waals surface area contributed by atoms with E-state index in [1.165, 1.54) is 0 Å². The minimum Gasteiger partial charge on any atom is -0.396 e. The number of carbonyl (C=O) groups excluding carboxylic acids is 1. The number of hydrogen-bond donors (Lipinski definition) is 1. The summed E-state index contributed by atoms with van der Waals surface area (Å²) in [5.74, 6) is 0.105. The van der Waals surface area contributed by atoms with E-state index >= 15 is 0 Å². The summed E-state index contributed by atoms with van der Waals surface area (Å²) in [7, 11) is 0. The Bertz CT molecular complexity index is 666.